The van der Waals surface area contributed by atoms with Gasteiger partial charge in [-0.3, -0.25) is 4.79 Å². The molecule has 2 heteroatoms. The van der Waals surface area contributed by atoms with E-state index in [1.165, 1.54) is 5.57 Å². The molecule has 0 bridgehead atoms. The summed E-state index contributed by atoms with van der Waals surface area (Å²) in [6.45, 7) is 4.15. The minimum atomic E-state index is -0.162. The quantitative estimate of drug-likeness (QED) is 0.642. The predicted molar refractivity (Wildman–Crippen MR) is 54.9 cm³/mol. The maximum Gasteiger partial charge on any atom is 0.158 e. The zero-order valence-corrected chi connectivity index (χ0v) is 8.97. The third kappa shape index (κ3) is 1.42. The molecule has 0 radical (unpaired) electrons. The molecule has 1 N–H and O–H groups in total. The number of ketones is 1. The van der Waals surface area contributed by atoms with Gasteiger partial charge in [0.2, 0.25) is 0 Å². The molecule has 0 saturated heterocycles. The number of aliphatic hydroxyl groups is 1. The first-order chi connectivity index (χ1) is 6.53. The number of hydrogen-bond donors (Lipinski definition) is 1. The Bertz CT molecular complexity index is 303. The molecular weight excluding hydrogens is 176 g/mol. The third-order valence-electron chi connectivity index (χ3n) is 3.92. The summed E-state index contributed by atoms with van der Waals surface area (Å²) in [6, 6.07) is 0. The number of aliphatic hydroxyl groups excluding tert-OH is 1. The first kappa shape index (κ1) is 9.91. The highest BCUT2D eigenvalue weighted by molar-refractivity contribution is 5.96. The Morgan fingerprint density at radius 1 is 1.43 bits per heavy atom. The van der Waals surface area contributed by atoms with E-state index in [-0.39, 0.29) is 11.5 Å². The Balaban J connectivity index is 2.37. The fourth-order valence-electron chi connectivity index (χ4n) is 3.00. The van der Waals surface area contributed by atoms with Gasteiger partial charge < -0.3 is 5.11 Å². The van der Waals surface area contributed by atoms with E-state index in [1.807, 2.05) is 6.92 Å². The highest BCUT2D eigenvalue weighted by Gasteiger charge is 2.40. The van der Waals surface area contributed by atoms with Gasteiger partial charge in [-0.15, -0.1) is 0 Å². The van der Waals surface area contributed by atoms with Crippen LogP contribution >= 0.6 is 0 Å². The third-order valence-corrected chi connectivity index (χ3v) is 3.92. The lowest BCUT2D eigenvalue weighted by Gasteiger charge is -2.42. The van der Waals surface area contributed by atoms with Crippen molar-refractivity contribution in [3.05, 3.63) is 11.1 Å². The minimum absolute atomic E-state index is 0.107. The molecule has 0 unspecified atom stereocenters. The average molecular weight is 194 g/mol. The van der Waals surface area contributed by atoms with Crippen LogP contribution in [-0.4, -0.2) is 17.0 Å². The Morgan fingerprint density at radius 2 is 2.14 bits per heavy atom. The van der Waals surface area contributed by atoms with E-state index in [2.05, 4.69) is 6.92 Å². The molecule has 0 amide bonds. The minimum Gasteiger partial charge on any atom is -0.393 e. The average Bonchev–Trinajstić information content (AvgIpc) is 2.12. The summed E-state index contributed by atoms with van der Waals surface area (Å²) >= 11 is 0. The van der Waals surface area contributed by atoms with Gasteiger partial charge >= 0.3 is 0 Å². The molecule has 2 nitrogen and oxygen atoms in total. The zero-order valence-electron chi connectivity index (χ0n) is 8.97. The van der Waals surface area contributed by atoms with Crippen LogP contribution in [0.3, 0.4) is 0 Å². The van der Waals surface area contributed by atoms with Crippen LogP contribution in [0.2, 0.25) is 0 Å². The van der Waals surface area contributed by atoms with Crippen LogP contribution in [0.25, 0.3) is 0 Å². The van der Waals surface area contributed by atoms with Gasteiger partial charge in [-0.25, -0.2) is 0 Å². The van der Waals surface area contributed by atoms with Gasteiger partial charge in [-0.05, 0) is 43.6 Å². The fourth-order valence-corrected chi connectivity index (χ4v) is 3.00. The number of rotatable bonds is 0. The summed E-state index contributed by atoms with van der Waals surface area (Å²) in [7, 11) is 0. The van der Waals surface area contributed by atoms with E-state index in [4.69, 9.17) is 0 Å². The first-order valence-corrected chi connectivity index (χ1v) is 5.44. The maximum atomic E-state index is 11.6. The van der Waals surface area contributed by atoms with Crippen molar-refractivity contribution in [1.29, 1.82) is 0 Å². The van der Waals surface area contributed by atoms with Crippen LogP contribution in [0.5, 0.6) is 0 Å². The molecule has 0 spiro atoms. The lowest BCUT2D eigenvalue weighted by molar-refractivity contribution is -0.117. The molecular formula is C12H18O2. The van der Waals surface area contributed by atoms with Crippen molar-refractivity contribution in [3.63, 3.8) is 0 Å². The number of carbonyl (C=O) groups excluding carboxylic acids is 1. The van der Waals surface area contributed by atoms with Gasteiger partial charge in [-0.2, -0.15) is 0 Å². The number of allylic oxidation sites excluding steroid dienone is 2. The second kappa shape index (κ2) is 3.20. The van der Waals surface area contributed by atoms with Crippen LogP contribution in [-0.2, 0) is 4.79 Å². The monoisotopic (exact) mass is 194 g/mol. The molecule has 2 aliphatic carbocycles. The lowest BCUT2D eigenvalue weighted by atomic mass is 9.63. The van der Waals surface area contributed by atoms with Gasteiger partial charge in [0.05, 0.1) is 6.10 Å². The summed E-state index contributed by atoms with van der Waals surface area (Å²) < 4.78 is 0. The van der Waals surface area contributed by atoms with E-state index in [0.717, 1.165) is 31.3 Å². The number of fused-ring (bicyclic) bond motifs is 1. The van der Waals surface area contributed by atoms with Gasteiger partial charge in [0.1, 0.15) is 0 Å². The highest BCUT2D eigenvalue weighted by Crippen LogP contribution is 2.48. The van der Waals surface area contributed by atoms with Crippen molar-refractivity contribution < 1.29 is 9.90 Å². The van der Waals surface area contributed by atoms with Crippen molar-refractivity contribution in [3.8, 4) is 0 Å². The van der Waals surface area contributed by atoms with Gasteiger partial charge in [0.25, 0.3) is 0 Å². The topological polar surface area (TPSA) is 37.3 Å². The number of Topliss-reactive ketones (excluding diaryl/α,β-unsaturated/α-hetero) is 1. The zero-order chi connectivity index (χ0) is 10.3. The molecule has 2 atom stereocenters. The van der Waals surface area contributed by atoms with Crippen molar-refractivity contribution in [1.82, 2.24) is 0 Å². The van der Waals surface area contributed by atoms with Crippen LogP contribution < -0.4 is 0 Å². The van der Waals surface area contributed by atoms with Crippen molar-refractivity contribution in [2.45, 2.75) is 52.1 Å². The fraction of sp³-hybridized carbons (Fsp3) is 0.750. The van der Waals surface area contributed by atoms with E-state index in [0.29, 0.717) is 12.2 Å². The maximum absolute atomic E-state index is 11.6. The highest BCUT2D eigenvalue weighted by atomic mass is 16.3. The van der Waals surface area contributed by atoms with Crippen molar-refractivity contribution >= 4 is 5.78 Å². The molecule has 1 fully saturated rings. The first-order valence-electron chi connectivity index (χ1n) is 5.44. The molecule has 0 heterocycles. The van der Waals surface area contributed by atoms with E-state index in [1.54, 1.807) is 0 Å². The molecule has 14 heavy (non-hydrogen) atoms. The van der Waals surface area contributed by atoms with Gasteiger partial charge in [0.15, 0.2) is 5.78 Å². The predicted octanol–water partition coefficient (Wildman–Crippen LogP) is 2.22. The summed E-state index contributed by atoms with van der Waals surface area (Å²) in [6.07, 6.45) is 4.01. The van der Waals surface area contributed by atoms with E-state index in [9.17, 15) is 9.90 Å². The summed E-state index contributed by atoms with van der Waals surface area (Å²) in [5.41, 5.74) is 2.40. The lowest BCUT2D eigenvalue weighted by Crippen LogP contribution is -2.35. The number of hydrogen-bond acceptors (Lipinski definition) is 2. The molecule has 1 saturated carbocycles. The van der Waals surface area contributed by atoms with Crippen LogP contribution in [0.1, 0.15) is 46.0 Å². The van der Waals surface area contributed by atoms with Crippen molar-refractivity contribution in [2.24, 2.45) is 5.41 Å². The summed E-state index contributed by atoms with van der Waals surface area (Å²) in [5.74, 6) is 0.314. The molecule has 78 valence electrons. The van der Waals surface area contributed by atoms with Crippen LogP contribution in [0.4, 0.5) is 0 Å². The Morgan fingerprint density at radius 3 is 2.86 bits per heavy atom. The smallest absolute Gasteiger partial charge is 0.158 e. The molecule has 0 aromatic rings. The second-order valence-corrected chi connectivity index (χ2v) is 4.98. The number of carbonyl (C=O) groups is 1. The largest absolute Gasteiger partial charge is 0.393 e. The molecule has 2 aliphatic rings. The van der Waals surface area contributed by atoms with Crippen molar-refractivity contribution in [2.75, 3.05) is 0 Å². The van der Waals surface area contributed by atoms with Gasteiger partial charge in [-0.1, -0.05) is 12.5 Å². The van der Waals surface area contributed by atoms with Gasteiger partial charge in [0, 0.05) is 6.42 Å². The van der Waals surface area contributed by atoms with Crippen LogP contribution in [0.15, 0.2) is 11.1 Å². The normalized spacial score (nSPS) is 38.5. The summed E-state index contributed by atoms with van der Waals surface area (Å²) in [5, 5.41) is 9.66. The molecule has 0 aliphatic heterocycles. The van der Waals surface area contributed by atoms with E-state index >= 15 is 0 Å². The van der Waals surface area contributed by atoms with E-state index < -0.39 is 0 Å². The SMILES string of the molecule is CC1=C2CC[C@@H](O)C[C@]2(C)CCC1=O. The Labute approximate surface area is 85.0 Å². The van der Waals surface area contributed by atoms with Crippen LogP contribution in [0, 0.1) is 5.41 Å². The second-order valence-electron chi connectivity index (χ2n) is 4.98. The summed E-state index contributed by atoms with van der Waals surface area (Å²) in [4.78, 5) is 11.6. The standard InChI is InChI=1S/C12H18O2/c1-8-10-4-3-9(13)7-12(10,2)6-5-11(8)14/h9,13H,3-7H2,1-2H3/t9-,12+/m1/s1. The Hall–Kier alpha value is -0.630. The molecule has 0 aromatic carbocycles. The molecule has 2 rings (SSSR count). The molecule has 0 aromatic heterocycles. The Kier molecular flexibility index (Phi) is 2.26.